The van der Waals surface area contributed by atoms with E-state index in [1.165, 1.54) is 19.1 Å². The Morgan fingerprint density at radius 2 is 1.83 bits per heavy atom. The molecule has 1 aliphatic rings. The summed E-state index contributed by atoms with van der Waals surface area (Å²) in [5.74, 6) is -2.18. The van der Waals surface area contributed by atoms with Gasteiger partial charge in [0, 0.05) is 11.7 Å². The molecule has 1 aromatic carbocycles. The van der Waals surface area contributed by atoms with Gasteiger partial charge in [0.25, 0.3) is 0 Å². The normalized spacial score (nSPS) is 20.6. The summed E-state index contributed by atoms with van der Waals surface area (Å²) in [6.07, 6.45) is 2.27. The van der Waals surface area contributed by atoms with E-state index in [1.807, 2.05) is 0 Å². The number of anilines is 1. The van der Waals surface area contributed by atoms with Crippen molar-refractivity contribution in [2.24, 2.45) is 5.92 Å². The zero-order valence-electron chi connectivity index (χ0n) is 12.8. The molecule has 0 spiro atoms. The number of nitrogens with one attached hydrogen (secondary N) is 2. The molecule has 1 aromatic rings. The summed E-state index contributed by atoms with van der Waals surface area (Å²) in [7, 11) is 0. The van der Waals surface area contributed by atoms with Crippen LogP contribution in [0.25, 0.3) is 0 Å². The summed E-state index contributed by atoms with van der Waals surface area (Å²) >= 11 is 0. The average molecular weight is 322 g/mol. The maximum Gasteiger partial charge on any atom is 0.319 e. The lowest BCUT2D eigenvalue weighted by molar-refractivity contribution is -0.142. The molecule has 7 heteroatoms. The third-order valence-electron chi connectivity index (χ3n) is 4.02. The number of urea groups is 1. The number of carboxylic acid groups (broad SMARTS) is 1. The lowest BCUT2D eigenvalue weighted by atomic mass is 9.86. The van der Waals surface area contributed by atoms with Crippen LogP contribution in [-0.2, 0) is 4.79 Å². The Morgan fingerprint density at radius 3 is 2.39 bits per heavy atom. The molecular formula is C16H19FN2O4. The van der Waals surface area contributed by atoms with Gasteiger partial charge in [0.15, 0.2) is 5.78 Å². The van der Waals surface area contributed by atoms with Gasteiger partial charge in [-0.1, -0.05) is 0 Å². The van der Waals surface area contributed by atoms with Gasteiger partial charge in [-0.05, 0) is 50.8 Å². The van der Waals surface area contributed by atoms with Crippen LogP contribution in [0.5, 0.6) is 0 Å². The van der Waals surface area contributed by atoms with Crippen molar-refractivity contribution in [2.45, 2.75) is 38.6 Å². The standard InChI is InChI=1S/C16H19FN2O4/c1-9(20)13-8-12(6-7-14(13)17)19-16(23)18-11-4-2-10(3-5-11)15(21)22/h6-8,10-11H,2-5H2,1H3,(H,21,22)(H2,18,19,23). The highest BCUT2D eigenvalue weighted by molar-refractivity contribution is 5.97. The van der Waals surface area contributed by atoms with Gasteiger partial charge in [0.1, 0.15) is 5.82 Å². The third kappa shape index (κ3) is 4.51. The second-order valence-electron chi connectivity index (χ2n) is 5.74. The van der Waals surface area contributed by atoms with Gasteiger partial charge in [-0.15, -0.1) is 0 Å². The summed E-state index contributed by atoms with van der Waals surface area (Å²) in [6.45, 7) is 1.25. The minimum Gasteiger partial charge on any atom is -0.481 e. The first-order valence-corrected chi connectivity index (χ1v) is 7.47. The molecule has 0 atom stereocenters. The van der Waals surface area contributed by atoms with Crippen molar-refractivity contribution >= 4 is 23.5 Å². The van der Waals surface area contributed by atoms with Crippen LogP contribution in [0.1, 0.15) is 43.0 Å². The Hall–Kier alpha value is -2.44. The van der Waals surface area contributed by atoms with Crippen molar-refractivity contribution in [1.82, 2.24) is 5.32 Å². The number of halogens is 1. The summed E-state index contributed by atoms with van der Waals surface area (Å²) in [5, 5.41) is 14.3. The minimum absolute atomic E-state index is 0.0789. The van der Waals surface area contributed by atoms with E-state index in [0.717, 1.165) is 6.07 Å². The van der Waals surface area contributed by atoms with Gasteiger partial charge in [-0.25, -0.2) is 9.18 Å². The molecule has 6 nitrogen and oxygen atoms in total. The van der Waals surface area contributed by atoms with Crippen LogP contribution in [0.2, 0.25) is 0 Å². The summed E-state index contributed by atoms with van der Waals surface area (Å²) in [4.78, 5) is 34.1. The topological polar surface area (TPSA) is 95.5 Å². The van der Waals surface area contributed by atoms with E-state index < -0.39 is 23.6 Å². The monoisotopic (exact) mass is 322 g/mol. The number of carbonyl (C=O) groups is 3. The quantitative estimate of drug-likeness (QED) is 0.743. The zero-order chi connectivity index (χ0) is 17.0. The highest BCUT2D eigenvalue weighted by atomic mass is 19.1. The molecule has 2 rings (SSSR count). The maximum absolute atomic E-state index is 13.4. The molecule has 1 aliphatic carbocycles. The SMILES string of the molecule is CC(=O)c1cc(NC(=O)NC2CCC(C(=O)O)CC2)ccc1F. The average Bonchev–Trinajstić information content (AvgIpc) is 2.49. The molecule has 1 fully saturated rings. The Morgan fingerprint density at radius 1 is 1.17 bits per heavy atom. The van der Waals surface area contributed by atoms with Crippen LogP contribution < -0.4 is 10.6 Å². The second kappa shape index (κ2) is 7.21. The molecule has 0 bridgehead atoms. The molecule has 2 amide bonds. The van der Waals surface area contributed by atoms with E-state index >= 15 is 0 Å². The van der Waals surface area contributed by atoms with Crippen molar-refractivity contribution in [3.05, 3.63) is 29.6 Å². The Kier molecular flexibility index (Phi) is 5.31. The molecule has 23 heavy (non-hydrogen) atoms. The van der Waals surface area contributed by atoms with Gasteiger partial charge in [0.05, 0.1) is 11.5 Å². The summed E-state index contributed by atoms with van der Waals surface area (Å²) in [6, 6.07) is 3.26. The molecule has 3 N–H and O–H groups in total. The van der Waals surface area contributed by atoms with Crippen molar-refractivity contribution < 1.29 is 23.9 Å². The number of hydrogen-bond acceptors (Lipinski definition) is 3. The molecule has 1 saturated carbocycles. The Balaban J connectivity index is 1.89. The van der Waals surface area contributed by atoms with Crippen LogP contribution in [0.4, 0.5) is 14.9 Å². The first kappa shape index (κ1) is 16.9. The molecule has 0 heterocycles. The first-order valence-electron chi connectivity index (χ1n) is 7.47. The molecule has 0 unspecified atom stereocenters. The number of carbonyl (C=O) groups excluding carboxylic acids is 2. The van der Waals surface area contributed by atoms with E-state index in [-0.39, 0.29) is 17.5 Å². The molecular weight excluding hydrogens is 303 g/mol. The van der Waals surface area contributed by atoms with E-state index in [4.69, 9.17) is 5.11 Å². The van der Waals surface area contributed by atoms with Crippen molar-refractivity contribution in [1.29, 1.82) is 0 Å². The highest BCUT2D eigenvalue weighted by Crippen LogP contribution is 2.24. The van der Waals surface area contributed by atoms with Gasteiger partial charge >= 0.3 is 12.0 Å². The first-order chi connectivity index (χ1) is 10.9. The lowest BCUT2D eigenvalue weighted by Gasteiger charge is -2.26. The van der Waals surface area contributed by atoms with Gasteiger partial charge in [0.2, 0.25) is 0 Å². The van der Waals surface area contributed by atoms with Crippen LogP contribution in [-0.4, -0.2) is 28.9 Å². The molecule has 0 saturated heterocycles. The van der Waals surface area contributed by atoms with Crippen LogP contribution in [0, 0.1) is 11.7 Å². The molecule has 124 valence electrons. The highest BCUT2D eigenvalue weighted by Gasteiger charge is 2.26. The number of aliphatic carboxylic acids is 1. The number of hydrogen-bond donors (Lipinski definition) is 3. The maximum atomic E-state index is 13.4. The molecule has 0 aliphatic heterocycles. The third-order valence-corrected chi connectivity index (χ3v) is 4.02. The van der Waals surface area contributed by atoms with E-state index in [2.05, 4.69) is 10.6 Å². The van der Waals surface area contributed by atoms with E-state index in [9.17, 15) is 18.8 Å². The fourth-order valence-electron chi connectivity index (χ4n) is 2.71. The molecule has 0 aromatic heterocycles. The lowest BCUT2D eigenvalue weighted by Crippen LogP contribution is -2.41. The largest absolute Gasteiger partial charge is 0.481 e. The van der Waals surface area contributed by atoms with Crippen LogP contribution in [0.15, 0.2) is 18.2 Å². The number of ketones is 1. The van der Waals surface area contributed by atoms with E-state index in [0.29, 0.717) is 31.4 Å². The second-order valence-corrected chi connectivity index (χ2v) is 5.74. The molecule has 0 radical (unpaired) electrons. The minimum atomic E-state index is -0.795. The van der Waals surface area contributed by atoms with Crippen molar-refractivity contribution in [3.8, 4) is 0 Å². The van der Waals surface area contributed by atoms with Crippen LogP contribution >= 0.6 is 0 Å². The number of amides is 2. The van der Waals surface area contributed by atoms with Crippen molar-refractivity contribution in [3.63, 3.8) is 0 Å². The van der Waals surface area contributed by atoms with Gasteiger partial charge in [-0.3, -0.25) is 9.59 Å². The number of Topliss-reactive ketones (excluding diaryl/α,β-unsaturated/α-hetero) is 1. The zero-order valence-corrected chi connectivity index (χ0v) is 12.8. The smallest absolute Gasteiger partial charge is 0.319 e. The Bertz CT molecular complexity index is 625. The fourth-order valence-corrected chi connectivity index (χ4v) is 2.71. The number of carboxylic acids is 1. The predicted octanol–water partition coefficient (Wildman–Crippen LogP) is 2.79. The summed E-state index contributed by atoms with van der Waals surface area (Å²) in [5.41, 5.74) is 0.248. The van der Waals surface area contributed by atoms with Crippen LogP contribution in [0.3, 0.4) is 0 Å². The van der Waals surface area contributed by atoms with E-state index in [1.54, 1.807) is 0 Å². The summed E-state index contributed by atoms with van der Waals surface area (Å²) < 4.78 is 13.4. The number of benzene rings is 1. The Labute approximate surface area is 133 Å². The predicted molar refractivity (Wildman–Crippen MR) is 81.9 cm³/mol. The fraction of sp³-hybridized carbons (Fsp3) is 0.438. The van der Waals surface area contributed by atoms with Crippen molar-refractivity contribution in [2.75, 3.05) is 5.32 Å². The van der Waals surface area contributed by atoms with Gasteiger partial charge < -0.3 is 15.7 Å². The van der Waals surface area contributed by atoms with Gasteiger partial charge in [-0.2, -0.15) is 0 Å². The number of rotatable bonds is 4.